The van der Waals surface area contributed by atoms with Gasteiger partial charge in [-0.1, -0.05) is 35.0 Å². The summed E-state index contributed by atoms with van der Waals surface area (Å²) in [4.78, 5) is 15.1. The molecule has 0 atom stereocenters. The first kappa shape index (κ1) is 25.3. The molecule has 5 rings (SSSR count). The summed E-state index contributed by atoms with van der Waals surface area (Å²) in [5, 5.41) is 20.2. The topological polar surface area (TPSA) is 159 Å². The number of nitrogens with one attached hydrogen (secondary N) is 1. The van der Waals surface area contributed by atoms with Crippen molar-refractivity contribution in [2.45, 2.75) is 13.2 Å². The number of carbonyl (C=O) groups excluding carboxylic acids is 1. The highest BCUT2D eigenvalue weighted by molar-refractivity contribution is 6.31. The first-order valence-corrected chi connectivity index (χ1v) is 12.1. The summed E-state index contributed by atoms with van der Waals surface area (Å²) in [5.41, 5.74) is 10.6. The normalized spacial score (nSPS) is 14.1. The molecule has 3 heterocycles. The number of amides is 1. The molecule has 1 aliphatic rings. The third kappa shape index (κ3) is 5.96. The van der Waals surface area contributed by atoms with E-state index in [1.807, 2.05) is 48.5 Å². The standard InChI is InChI=1S/C24H24ClN9O4/c25-19-4-2-1-3-17(19)15-37-18-7-5-16(6-8-18)13-27-29-24(35)21-20(14-33-9-11-36-12-10-33)34(32-28-21)23-22(26)30-38-31-23/h1-8,13H,9-12,14-15H2,(H2,26,30)(H,29,35). The summed E-state index contributed by atoms with van der Waals surface area (Å²) in [6.07, 6.45) is 1.52. The Morgan fingerprint density at radius 2 is 1.95 bits per heavy atom. The second-order valence-electron chi connectivity index (χ2n) is 8.31. The number of hydrogen-bond acceptors (Lipinski definition) is 11. The highest BCUT2D eigenvalue weighted by Crippen LogP contribution is 2.20. The van der Waals surface area contributed by atoms with E-state index < -0.39 is 5.91 Å². The number of nitrogens with zero attached hydrogens (tertiary/aromatic N) is 7. The maximum atomic E-state index is 13.0. The average molecular weight is 538 g/mol. The molecule has 0 unspecified atom stereocenters. The van der Waals surface area contributed by atoms with Crippen molar-refractivity contribution in [2.75, 3.05) is 32.0 Å². The fraction of sp³-hybridized carbons (Fsp3) is 0.250. The summed E-state index contributed by atoms with van der Waals surface area (Å²) < 4.78 is 17.2. The van der Waals surface area contributed by atoms with Gasteiger partial charge in [-0.3, -0.25) is 9.69 Å². The SMILES string of the molecule is Nc1nonc1-n1nnc(C(=O)NN=Cc2ccc(OCc3ccccc3Cl)cc2)c1CN1CCOCC1. The van der Waals surface area contributed by atoms with E-state index in [0.717, 1.165) is 11.1 Å². The Kier molecular flexibility index (Phi) is 7.87. The van der Waals surface area contributed by atoms with Gasteiger partial charge in [0.25, 0.3) is 5.91 Å². The molecule has 196 valence electrons. The quantitative estimate of drug-likeness (QED) is 0.239. The van der Waals surface area contributed by atoms with Gasteiger partial charge in [-0.2, -0.15) is 9.78 Å². The largest absolute Gasteiger partial charge is 0.489 e. The van der Waals surface area contributed by atoms with Crippen LogP contribution in [0.2, 0.25) is 5.02 Å². The van der Waals surface area contributed by atoms with E-state index in [-0.39, 0.29) is 17.3 Å². The zero-order valence-corrected chi connectivity index (χ0v) is 20.9. The number of nitrogens with two attached hydrogens (primary N) is 1. The van der Waals surface area contributed by atoms with E-state index in [0.29, 0.717) is 55.9 Å². The lowest BCUT2D eigenvalue weighted by Crippen LogP contribution is -2.37. The second-order valence-corrected chi connectivity index (χ2v) is 8.71. The average Bonchev–Trinajstić information content (AvgIpc) is 3.55. The van der Waals surface area contributed by atoms with Crippen LogP contribution in [0.3, 0.4) is 0 Å². The fourth-order valence-corrected chi connectivity index (χ4v) is 3.93. The lowest BCUT2D eigenvalue weighted by molar-refractivity contribution is 0.0332. The minimum Gasteiger partial charge on any atom is -0.489 e. The molecule has 1 saturated heterocycles. The molecule has 1 fully saturated rings. The fourth-order valence-electron chi connectivity index (χ4n) is 3.74. The minimum absolute atomic E-state index is 0.0300. The van der Waals surface area contributed by atoms with E-state index >= 15 is 0 Å². The number of halogens is 1. The van der Waals surface area contributed by atoms with E-state index in [2.05, 4.69) is 36.1 Å². The van der Waals surface area contributed by atoms with Crippen LogP contribution in [0.15, 0.2) is 58.3 Å². The van der Waals surface area contributed by atoms with Crippen molar-refractivity contribution in [3.63, 3.8) is 0 Å². The van der Waals surface area contributed by atoms with Crippen molar-refractivity contribution in [3.8, 4) is 11.6 Å². The van der Waals surface area contributed by atoms with Crippen molar-refractivity contribution in [1.29, 1.82) is 0 Å². The molecular weight excluding hydrogens is 514 g/mol. The van der Waals surface area contributed by atoms with Crippen molar-refractivity contribution in [1.82, 2.24) is 35.6 Å². The van der Waals surface area contributed by atoms with Crippen LogP contribution in [0.25, 0.3) is 5.82 Å². The monoisotopic (exact) mass is 537 g/mol. The number of carbonyl (C=O) groups is 1. The second kappa shape index (κ2) is 11.8. The molecule has 38 heavy (non-hydrogen) atoms. The number of ether oxygens (including phenoxy) is 2. The summed E-state index contributed by atoms with van der Waals surface area (Å²) in [5.74, 6) is 0.324. The number of hydrazone groups is 1. The van der Waals surface area contributed by atoms with Crippen LogP contribution < -0.4 is 15.9 Å². The minimum atomic E-state index is -0.537. The van der Waals surface area contributed by atoms with E-state index in [1.54, 1.807) is 0 Å². The highest BCUT2D eigenvalue weighted by atomic mass is 35.5. The van der Waals surface area contributed by atoms with Gasteiger partial charge in [-0.05, 0) is 46.2 Å². The van der Waals surface area contributed by atoms with Crippen LogP contribution in [0.1, 0.15) is 27.3 Å². The molecule has 2 aromatic carbocycles. The van der Waals surface area contributed by atoms with Crippen LogP contribution in [0, 0.1) is 0 Å². The van der Waals surface area contributed by atoms with Crippen molar-refractivity contribution < 1.29 is 18.9 Å². The van der Waals surface area contributed by atoms with Gasteiger partial charge < -0.3 is 15.2 Å². The van der Waals surface area contributed by atoms with Crippen LogP contribution >= 0.6 is 11.6 Å². The number of anilines is 1. The van der Waals surface area contributed by atoms with Crippen LogP contribution in [-0.2, 0) is 17.9 Å². The molecule has 0 radical (unpaired) electrons. The molecular formula is C24H24ClN9O4. The Bertz CT molecular complexity index is 1410. The number of nitrogen functional groups attached to an aromatic ring is 1. The Morgan fingerprint density at radius 1 is 1.16 bits per heavy atom. The Hall–Kier alpha value is -4.33. The summed E-state index contributed by atoms with van der Waals surface area (Å²) >= 11 is 6.17. The van der Waals surface area contributed by atoms with Gasteiger partial charge in [0.2, 0.25) is 11.6 Å². The van der Waals surface area contributed by atoms with Gasteiger partial charge in [0, 0.05) is 30.2 Å². The van der Waals surface area contributed by atoms with Gasteiger partial charge in [0.15, 0.2) is 5.69 Å². The predicted octanol–water partition coefficient (Wildman–Crippen LogP) is 2.06. The molecule has 0 spiro atoms. The van der Waals surface area contributed by atoms with E-state index in [1.165, 1.54) is 10.9 Å². The molecule has 13 nitrogen and oxygen atoms in total. The van der Waals surface area contributed by atoms with Gasteiger partial charge in [0.1, 0.15) is 12.4 Å². The highest BCUT2D eigenvalue weighted by Gasteiger charge is 2.26. The zero-order chi connectivity index (χ0) is 26.3. The van der Waals surface area contributed by atoms with Crippen LogP contribution in [0.4, 0.5) is 5.82 Å². The van der Waals surface area contributed by atoms with Crippen LogP contribution in [-0.4, -0.2) is 68.6 Å². The summed E-state index contributed by atoms with van der Waals surface area (Å²) in [6, 6.07) is 14.8. The first-order valence-electron chi connectivity index (χ1n) is 11.7. The lowest BCUT2D eigenvalue weighted by atomic mass is 10.2. The third-order valence-electron chi connectivity index (χ3n) is 5.76. The molecule has 0 aliphatic carbocycles. The first-order chi connectivity index (χ1) is 18.6. The molecule has 1 amide bonds. The molecule has 4 aromatic rings. The maximum absolute atomic E-state index is 13.0. The predicted molar refractivity (Wildman–Crippen MR) is 137 cm³/mol. The molecule has 14 heteroatoms. The third-order valence-corrected chi connectivity index (χ3v) is 6.13. The summed E-state index contributed by atoms with van der Waals surface area (Å²) in [6.45, 7) is 3.28. The van der Waals surface area contributed by atoms with Crippen molar-refractivity contribution >= 4 is 29.5 Å². The van der Waals surface area contributed by atoms with E-state index in [4.69, 9.17) is 31.4 Å². The number of rotatable bonds is 9. The Labute approximate surface area is 222 Å². The molecule has 0 bridgehead atoms. The van der Waals surface area contributed by atoms with Crippen molar-refractivity contribution in [2.24, 2.45) is 5.10 Å². The van der Waals surface area contributed by atoms with Crippen LogP contribution in [0.5, 0.6) is 5.75 Å². The number of morpholine rings is 1. The smallest absolute Gasteiger partial charge is 0.293 e. The van der Waals surface area contributed by atoms with Crippen molar-refractivity contribution in [3.05, 3.63) is 76.1 Å². The maximum Gasteiger partial charge on any atom is 0.293 e. The molecule has 0 saturated carbocycles. The van der Waals surface area contributed by atoms with Gasteiger partial charge in [-0.25, -0.2) is 10.1 Å². The lowest BCUT2D eigenvalue weighted by Gasteiger charge is -2.26. The summed E-state index contributed by atoms with van der Waals surface area (Å²) in [7, 11) is 0. The van der Waals surface area contributed by atoms with E-state index in [9.17, 15) is 4.79 Å². The Balaban J connectivity index is 1.24. The zero-order valence-electron chi connectivity index (χ0n) is 20.2. The molecule has 3 N–H and O–H groups in total. The molecule has 2 aromatic heterocycles. The van der Waals surface area contributed by atoms with Gasteiger partial charge in [0.05, 0.1) is 25.1 Å². The Morgan fingerprint density at radius 3 is 2.68 bits per heavy atom. The van der Waals surface area contributed by atoms with Gasteiger partial charge >= 0.3 is 0 Å². The van der Waals surface area contributed by atoms with Gasteiger partial charge in [-0.15, -0.1) is 5.10 Å². The number of aromatic nitrogens is 5. The number of hydrogen-bond donors (Lipinski definition) is 2. The molecule has 1 aliphatic heterocycles. The number of benzene rings is 2.